The minimum atomic E-state index is -0.0252. The average Bonchev–Trinajstić information content (AvgIpc) is 3.08. The van der Waals surface area contributed by atoms with Crippen molar-refractivity contribution >= 4 is 0 Å². The molecule has 0 aliphatic heterocycles. The summed E-state index contributed by atoms with van der Waals surface area (Å²) in [6.45, 7) is 7.89. The first-order valence-electron chi connectivity index (χ1n) is 20.4. The van der Waals surface area contributed by atoms with Gasteiger partial charge in [-0.3, -0.25) is 0 Å². The molecule has 1 rings (SSSR count). The van der Waals surface area contributed by atoms with E-state index in [2.05, 4.69) is 13.8 Å². The van der Waals surface area contributed by atoms with Gasteiger partial charge in [-0.2, -0.15) is 0 Å². The maximum atomic E-state index is 6.27. The molecule has 2 N–H and O–H groups in total. The van der Waals surface area contributed by atoms with Crippen LogP contribution in [-0.2, 0) is 16.0 Å². The molecule has 0 amide bonds. The van der Waals surface area contributed by atoms with Crippen LogP contribution in [0.15, 0.2) is 24.3 Å². The molecule has 0 radical (unpaired) electrons. The van der Waals surface area contributed by atoms with E-state index in [4.69, 9.17) is 19.9 Å². The molecule has 1 aromatic rings. The van der Waals surface area contributed by atoms with Crippen molar-refractivity contribution in [2.75, 3.05) is 26.4 Å². The van der Waals surface area contributed by atoms with Crippen LogP contribution >= 0.6 is 0 Å². The van der Waals surface area contributed by atoms with Gasteiger partial charge in [0.05, 0.1) is 6.61 Å². The Hall–Kier alpha value is -1.10. The zero-order chi connectivity index (χ0) is 33.0. The van der Waals surface area contributed by atoms with Crippen molar-refractivity contribution in [2.24, 2.45) is 5.73 Å². The molecule has 0 saturated heterocycles. The fourth-order valence-electron chi connectivity index (χ4n) is 6.22. The topological polar surface area (TPSA) is 53.7 Å². The van der Waals surface area contributed by atoms with Gasteiger partial charge in [-0.05, 0) is 30.5 Å². The normalized spacial score (nSPS) is 12.2. The lowest BCUT2D eigenvalue weighted by Gasteiger charge is -2.19. The highest BCUT2D eigenvalue weighted by atomic mass is 16.6. The van der Waals surface area contributed by atoms with Gasteiger partial charge in [-0.15, -0.1) is 0 Å². The first-order chi connectivity index (χ1) is 22.8. The molecule has 270 valence electrons. The van der Waals surface area contributed by atoms with Crippen LogP contribution in [0.3, 0.4) is 0 Å². The second kappa shape index (κ2) is 35.2. The minimum Gasteiger partial charge on any atom is -0.491 e. The zero-order valence-electron chi connectivity index (χ0n) is 31.0. The lowest BCUT2D eigenvalue weighted by atomic mass is 10.0. The van der Waals surface area contributed by atoms with Crippen LogP contribution in [0.4, 0.5) is 0 Å². The monoisotopic (exact) mass is 646 g/mol. The fourth-order valence-corrected chi connectivity index (χ4v) is 6.22. The predicted octanol–water partition coefficient (Wildman–Crippen LogP) is 12.9. The lowest BCUT2D eigenvalue weighted by molar-refractivity contribution is -0.0389. The van der Waals surface area contributed by atoms with Gasteiger partial charge >= 0.3 is 0 Å². The van der Waals surface area contributed by atoms with E-state index < -0.39 is 0 Å². The first-order valence-corrected chi connectivity index (χ1v) is 20.4. The molecular formula is C42H79NO3. The molecule has 4 nitrogen and oxygen atoms in total. The minimum absolute atomic E-state index is 0.0252. The average molecular weight is 646 g/mol. The van der Waals surface area contributed by atoms with Crippen molar-refractivity contribution in [1.82, 2.24) is 0 Å². The number of nitrogens with two attached hydrogens (primary N) is 1. The van der Waals surface area contributed by atoms with Gasteiger partial charge in [0, 0.05) is 19.8 Å². The predicted molar refractivity (Wildman–Crippen MR) is 201 cm³/mol. The summed E-state index contributed by atoms with van der Waals surface area (Å²) in [6, 6.07) is 8.07. The van der Waals surface area contributed by atoms with E-state index >= 15 is 0 Å². The number of benzene rings is 1. The van der Waals surface area contributed by atoms with E-state index in [-0.39, 0.29) is 6.10 Å². The number of ether oxygens (including phenoxy) is 3. The van der Waals surface area contributed by atoms with Crippen LogP contribution in [0.25, 0.3) is 0 Å². The summed E-state index contributed by atoms with van der Waals surface area (Å²) in [5.74, 6) is 0.870. The third-order valence-electron chi connectivity index (χ3n) is 9.39. The first kappa shape index (κ1) is 42.9. The molecule has 1 unspecified atom stereocenters. The molecule has 1 atom stereocenters. The van der Waals surface area contributed by atoms with Gasteiger partial charge < -0.3 is 19.9 Å². The molecule has 1 aromatic carbocycles. The van der Waals surface area contributed by atoms with E-state index in [0.717, 1.165) is 37.4 Å². The van der Waals surface area contributed by atoms with Crippen molar-refractivity contribution in [3.63, 3.8) is 0 Å². The Morgan fingerprint density at radius 1 is 0.457 bits per heavy atom. The zero-order valence-corrected chi connectivity index (χ0v) is 31.0. The standard InChI is InChI=1S/C42H79NO3/c1-3-5-7-9-11-13-15-17-19-21-23-25-27-29-35-44-38-42(39-46-41-33-31-40(37-43)32-34-41)45-36-30-28-26-24-22-20-18-16-14-12-10-8-6-4-2/h31-34,42H,3-30,35-39,43H2,1-2H3. The summed E-state index contributed by atoms with van der Waals surface area (Å²) < 4.78 is 18.4. The Labute approximate surface area is 287 Å². The Bertz CT molecular complexity index is 709. The second-order valence-corrected chi connectivity index (χ2v) is 13.9. The Morgan fingerprint density at radius 3 is 1.22 bits per heavy atom. The SMILES string of the molecule is CCCCCCCCCCCCCCCCOCC(COc1ccc(CN)cc1)OCCCCCCCCCCCCCCCC. The second-order valence-electron chi connectivity index (χ2n) is 13.9. The number of rotatable bonds is 37. The molecule has 0 aliphatic rings. The van der Waals surface area contributed by atoms with Gasteiger partial charge in [0.25, 0.3) is 0 Å². The summed E-state index contributed by atoms with van der Waals surface area (Å²) in [5, 5.41) is 0. The maximum absolute atomic E-state index is 6.27. The van der Waals surface area contributed by atoms with Crippen LogP contribution in [0.5, 0.6) is 5.75 Å². The van der Waals surface area contributed by atoms with E-state index in [1.807, 2.05) is 24.3 Å². The molecule has 0 heterocycles. The summed E-state index contributed by atoms with van der Waals surface area (Å²) in [7, 11) is 0. The highest BCUT2D eigenvalue weighted by Crippen LogP contribution is 2.16. The quantitative estimate of drug-likeness (QED) is 0.0732. The van der Waals surface area contributed by atoms with Gasteiger partial charge in [-0.1, -0.05) is 193 Å². The van der Waals surface area contributed by atoms with Crippen molar-refractivity contribution in [3.05, 3.63) is 29.8 Å². The van der Waals surface area contributed by atoms with Crippen LogP contribution in [0.2, 0.25) is 0 Å². The number of unbranched alkanes of at least 4 members (excludes halogenated alkanes) is 26. The molecule has 0 saturated carbocycles. The molecule has 0 aromatic heterocycles. The lowest BCUT2D eigenvalue weighted by Crippen LogP contribution is -2.28. The third kappa shape index (κ3) is 29.1. The molecule has 0 spiro atoms. The van der Waals surface area contributed by atoms with Gasteiger partial charge in [0.1, 0.15) is 18.5 Å². The molecule has 4 heteroatoms. The van der Waals surface area contributed by atoms with E-state index in [1.54, 1.807) is 0 Å². The highest BCUT2D eigenvalue weighted by Gasteiger charge is 2.11. The molecule has 0 bridgehead atoms. The van der Waals surface area contributed by atoms with Crippen LogP contribution in [-0.4, -0.2) is 32.5 Å². The van der Waals surface area contributed by atoms with Crippen molar-refractivity contribution in [3.8, 4) is 5.75 Å². The van der Waals surface area contributed by atoms with Crippen molar-refractivity contribution in [2.45, 2.75) is 206 Å². The van der Waals surface area contributed by atoms with Crippen LogP contribution < -0.4 is 10.5 Å². The van der Waals surface area contributed by atoms with E-state index in [0.29, 0.717) is 19.8 Å². The summed E-state index contributed by atoms with van der Waals surface area (Å²) in [5.41, 5.74) is 6.86. The maximum Gasteiger partial charge on any atom is 0.119 e. The highest BCUT2D eigenvalue weighted by molar-refractivity contribution is 5.27. The Kier molecular flexibility index (Phi) is 32.9. The molecule has 46 heavy (non-hydrogen) atoms. The van der Waals surface area contributed by atoms with Crippen LogP contribution in [0.1, 0.15) is 199 Å². The summed E-state index contributed by atoms with van der Waals surface area (Å²) >= 11 is 0. The van der Waals surface area contributed by atoms with Crippen molar-refractivity contribution < 1.29 is 14.2 Å². The summed E-state index contributed by atoms with van der Waals surface area (Å²) in [4.78, 5) is 0. The molecule has 0 fully saturated rings. The van der Waals surface area contributed by atoms with E-state index in [9.17, 15) is 0 Å². The largest absolute Gasteiger partial charge is 0.491 e. The van der Waals surface area contributed by atoms with Gasteiger partial charge in [-0.25, -0.2) is 0 Å². The molecular weight excluding hydrogens is 566 g/mol. The van der Waals surface area contributed by atoms with Gasteiger partial charge in [0.2, 0.25) is 0 Å². The molecule has 0 aliphatic carbocycles. The third-order valence-corrected chi connectivity index (χ3v) is 9.39. The summed E-state index contributed by atoms with van der Waals surface area (Å²) in [6.07, 6.45) is 38.5. The van der Waals surface area contributed by atoms with Crippen molar-refractivity contribution in [1.29, 1.82) is 0 Å². The Morgan fingerprint density at radius 2 is 0.826 bits per heavy atom. The van der Waals surface area contributed by atoms with Gasteiger partial charge in [0.15, 0.2) is 0 Å². The van der Waals surface area contributed by atoms with Crippen LogP contribution in [0, 0.1) is 0 Å². The smallest absolute Gasteiger partial charge is 0.119 e. The Balaban J connectivity index is 2.09. The number of hydrogen-bond acceptors (Lipinski definition) is 4. The number of hydrogen-bond donors (Lipinski definition) is 1. The van der Waals surface area contributed by atoms with E-state index in [1.165, 1.54) is 167 Å². The fraction of sp³-hybridized carbons (Fsp3) is 0.857.